The SMILES string of the molecule is COc1ccc(C2C=C(c3ccccc3)Nc3nc(NC(=O)c4ccc(Cl)c([N+](=O)[O-])c4)nn32)cc1.Cl. The third-order valence-electron chi connectivity index (χ3n) is 5.64. The number of nitrogens with one attached hydrogen (secondary N) is 2. The number of benzene rings is 3. The van der Waals surface area contributed by atoms with Crippen molar-refractivity contribution in [2.24, 2.45) is 0 Å². The van der Waals surface area contributed by atoms with Crippen LogP contribution < -0.4 is 15.4 Å². The highest BCUT2D eigenvalue weighted by molar-refractivity contribution is 6.32. The quantitative estimate of drug-likeness (QED) is 0.242. The normalized spacial score (nSPS) is 13.9. The standard InChI is InChI=1S/C25H19ClN6O4.ClH/c1-36-18-10-7-16(8-11-18)21-14-20(15-5-3-2-4-6-15)27-25-29-24(30-31(21)25)28-23(33)17-9-12-19(26)22(13-17)32(34)35;/h2-14,21H,1H3,(H2,27,28,29,30,33);1H. The maximum absolute atomic E-state index is 12.8. The van der Waals surface area contributed by atoms with Crippen LogP contribution in [0.15, 0.2) is 78.9 Å². The van der Waals surface area contributed by atoms with Crippen molar-refractivity contribution in [3.63, 3.8) is 0 Å². The first-order chi connectivity index (χ1) is 17.4. The molecule has 12 heteroatoms. The summed E-state index contributed by atoms with van der Waals surface area (Å²) in [5.41, 5.74) is 2.43. The van der Waals surface area contributed by atoms with E-state index >= 15 is 0 Å². The molecular weight excluding hydrogens is 519 g/mol. The highest BCUT2D eigenvalue weighted by Gasteiger charge is 2.26. The zero-order valence-electron chi connectivity index (χ0n) is 19.3. The number of hydrogen-bond acceptors (Lipinski definition) is 7. The summed E-state index contributed by atoms with van der Waals surface area (Å²) < 4.78 is 6.94. The van der Waals surface area contributed by atoms with Crippen LogP contribution in [-0.4, -0.2) is 32.7 Å². The van der Waals surface area contributed by atoms with Crippen LogP contribution in [0, 0.1) is 10.1 Å². The Morgan fingerprint density at radius 1 is 1.14 bits per heavy atom. The molecule has 3 aromatic carbocycles. The van der Waals surface area contributed by atoms with E-state index in [4.69, 9.17) is 16.3 Å². The molecule has 0 spiro atoms. The monoisotopic (exact) mass is 538 g/mol. The molecule has 0 bridgehead atoms. The number of carbonyl (C=O) groups is 1. The lowest BCUT2D eigenvalue weighted by molar-refractivity contribution is -0.384. The number of halogens is 2. The summed E-state index contributed by atoms with van der Waals surface area (Å²) in [7, 11) is 1.60. The number of nitro groups is 1. The number of hydrogen-bond donors (Lipinski definition) is 2. The molecule has 0 radical (unpaired) electrons. The largest absolute Gasteiger partial charge is 0.497 e. The number of nitro benzene ring substituents is 1. The van der Waals surface area contributed by atoms with Gasteiger partial charge in [-0.1, -0.05) is 54.1 Å². The van der Waals surface area contributed by atoms with Crippen molar-refractivity contribution < 1.29 is 14.5 Å². The second-order valence-corrected chi connectivity index (χ2v) is 8.28. The summed E-state index contributed by atoms with van der Waals surface area (Å²) in [5, 5.41) is 21.5. The molecular formula is C25H20Cl2N6O4. The number of aromatic nitrogens is 3. The number of allylic oxidation sites excluding steroid dienone is 1. The van der Waals surface area contributed by atoms with Gasteiger partial charge in [-0.05, 0) is 41.5 Å². The van der Waals surface area contributed by atoms with Gasteiger partial charge < -0.3 is 10.1 Å². The molecule has 1 aliphatic rings. The molecule has 1 atom stereocenters. The van der Waals surface area contributed by atoms with Crippen molar-refractivity contribution in [1.29, 1.82) is 0 Å². The summed E-state index contributed by atoms with van der Waals surface area (Å²) in [6, 6.07) is 20.9. The van der Waals surface area contributed by atoms with E-state index in [1.54, 1.807) is 11.8 Å². The maximum Gasteiger partial charge on any atom is 0.288 e. The highest BCUT2D eigenvalue weighted by atomic mass is 35.5. The molecule has 1 amide bonds. The van der Waals surface area contributed by atoms with Crippen LogP contribution in [0.2, 0.25) is 5.02 Å². The van der Waals surface area contributed by atoms with Gasteiger partial charge in [-0.15, -0.1) is 17.5 Å². The molecule has 188 valence electrons. The number of carbonyl (C=O) groups excluding carboxylic acids is 1. The molecule has 2 heterocycles. The summed E-state index contributed by atoms with van der Waals surface area (Å²) in [5.74, 6) is 0.592. The molecule has 0 fully saturated rings. The minimum Gasteiger partial charge on any atom is -0.497 e. The molecule has 0 aliphatic carbocycles. The molecule has 0 saturated heterocycles. The van der Waals surface area contributed by atoms with Crippen LogP contribution >= 0.6 is 24.0 Å². The minimum absolute atomic E-state index is 0. The van der Waals surface area contributed by atoms with Gasteiger partial charge in [0.2, 0.25) is 5.95 Å². The predicted octanol–water partition coefficient (Wildman–Crippen LogP) is 5.58. The number of ether oxygens (including phenoxy) is 1. The van der Waals surface area contributed by atoms with Crippen molar-refractivity contribution in [3.8, 4) is 5.75 Å². The minimum atomic E-state index is -0.646. The second-order valence-electron chi connectivity index (χ2n) is 7.87. The van der Waals surface area contributed by atoms with E-state index in [-0.39, 0.29) is 40.7 Å². The lowest BCUT2D eigenvalue weighted by Crippen LogP contribution is -2.20. The summed E-state index contributed by atoms with van der Waals surface area (Å²) in [4.78, 5) is 27.8. The van der Waals surface area contributed by atoms with Gasteiger partial charge in [0.25, 0.3) is 17.5 Å². The molecule has 0 saturated carbocycles. The first-order valence-electron chi connectivity index (χ1n) is 10.8. The fourth-order valence-corrected chi connectivity index (χ4v) is 4.02. The Morgan fingerprint density at radius 2 is 1.86 bits per heavy atom. The van der Waals surface area contributed by atoms with Crippen LogP contribution in [0.3, 0.4) is 0 Å². The van der Waals surface area contributed by atoms with Gasteiger partial charge in [0, 0.05) is 17.3 Å². The Kier molecular flexibility index (Phi) is 7.42. The smallest absolute Gasteiger partial charge is 0.288 e. The van der Waals surface area contributed by atoms with Gasteiger partial charge in [-0.3, -0.25) is 20.2 Å². The van der Waals surface area contributed by atoms with E-state index in [1.807, 2.05) is 60.7 Å². The summed E-state index contributed by atoms with van der Waals surface area (Å²) in [6.45, 7) is 0. The zero-order chi connectivity index (χ0) is 25.2. The van der Waals surface area contributed by atoms with Crippen LogP contribution in [0.25, 0.3) is 5.70 Å². The van der Waals surface area contributed by atoms with Crippen molar-refractivity contribution >= 4 is 53.2 Å². The van der Waals surface area contributed by atoms with Gasteiger partial charge in [0.15, 0.2) is 0 Å². The van der Waals surface area contributed by atoms with Gasteiger partial charge in [-0.2, -0.15) is 4.98 Å². The lowest BCUT2D eigenvalue weighted by atomic mass is 10.0. The topological polar surface area (TPSA) is 124 Å². The van der Waals surface area contributed by atoms with Crippen molar-refractivity contribution in [1.82, 2.24) is 14.8 Å². The summed E-state index contributed by atoms with van der Waals surface area (Å²) >= 11 is 5.86. The van der Waals surface area contributed by atoms with Crippen LogP contribution in [0.5, 0.6) is 5.75 Å². The Bertz CT molecular complexity index is 1490. The van der Waals surface area contributed by atoms with Crippen LogP contribution in [0.4, 0.5) is 17.6 Å². The summed E-state index contributed by atoms with van der Waals surface area (Å²) in [6.07, 6.45) is 2.02. The molecule has 2 N–H and O–H groups in total. The third kappa shape index (κ3) is 5.25. The van der Waals surface area contributed by atoms with Crippen LogP contribution in [0.1, 0.15) is 27.5 Å². The Morgan fingerprint density at radius 3 is 2.54 bits per heavy atom. The van der Waals surface area contributed by atoms with Gasteiger partial charge in [-0.25, -0.2) is 4.68 Å². The number of fused-ring (bicyclic) bond motifs is 1. The van der Waals surface area contributed by atoms with Gasteiger partial charge in [0.05, 0.1) is 12.0 Å². The Hall–Kier alpha value is -4.41. The number of amides is 1. The molecule has 1 aliphatic heterocycles. The zero-order valence-corrected chi connectivity index (χ0v) is 20.9. The van der Waals surface area contributed by atoms with E-state index in [9.17, 15) is 14.9 Å². The average Bonchev–Trinajstić information content (AvgIpc) is 3.31. The number of rotatable bonds is 6. The fourth-order valence-electron chi connectivity index (χ4n) is 3.84. The second kappa shape index (κ2) is 10.7. The Labute approximate surface area is 222 Å². The molecule has 10 nitrogen and oxygen atoms in total. The predicted molar refractivity (Wildman–Crippen MR) is 143 cm³/mol. The molecule has 1 aromatic heterocycles. The van der Waals surface area contributed by atoms with E-state index in [1.165, 1.54) is 12.1 Å². The number of anilines is 2. The number of methoxy groups -OCH3 is 1. The van der Waals surface area contributed by atoms with E-state index < -0.39 is 10.8 Å². The fraction of sp³-hybridized carbons (Fsp3) is 0.0800. The van der Waals surface area contributed by atoms with Crippen molar-refractivity contribution in [3.05, 3.63) is 111 Å². The highest BCUT2D eigenvalue weighted by Crippen LogP contribution is 2.34. The molecule has 1 unspecified atom stereocenters. The molecule has 4 aromatic rings. The third-order valence-corrected chi connectivity index (χ3v) is 5.96. The van der Waals surface area contributed by atoms with Gasteiger partial charge >= 0.3 is 0 Å². The van der Waals surface area contributed by atoms with Crippen molar-refractivity contribution in [2.75, 3.05) is 17.7 Å². The first-order valence-corrected chi connectivity index (χ1v) is 11.2. The first kappa shape index (κ1) is 25.7. The van der Waals surface area contributed by atoms with Gasteiger partial charge in [0.1, 0.15) is 16.8 Å². The van der Waals surface area contributed by atoms with Crippen molar-refractivity contribution in [2.45, 2.75) is 6.04 Å². The van der Waals surface area contributed by atoms with E-state index in [2.05, 4.69) is 20.7 Å². The maximum atomic E-state index is 12.8. The van der Waals surface area contributed by atoms with E-state index in [0.29, 0.717) is 5.95 Å². The number of nitrogens with zero attached hydrogens (tertiary/aromatic N) is 4. The Balaban J connectivity index is 0.00000320. The lowest BCUT2D eigenvalue weighted by Gasteiger charge is -2.24. The molecule has 5 rings (SSSR count). The average molecular weight is 539 g/mol. The van der Waals surface area contributed by atoms with E-state index in [0.717, 1.165) is 28.6 Å². The van der Waals surface area contributed by atoms with Crippen LogP contribution in [-0.2, 0) is 0 Å². The molecule has 37 heavy (non-hydrogen) atoms.